The molecule has 0 aliphatic carbocycles. The normalized spacial score (nSPS) is 10.2. The van der Waals surface area contributed by atoms with Gasteiger partial charge in [-0.15, -0.1) is 11.3 Å². The Morgan fingerprint density at radius 2 is 1.85 bits per heavy atom. The van der Waals surface area contributed by atoms with Gasteiger partial charge in [0.25, 0.3) is 11.6 Å². The molecule has 0 radical (unpaired) electrons. The van der Waals surface area contributed by atoms with E-state index < -0.39 is 23.4 Å². The number of hydrogen-bond acceptors (Lipinski definition) is 7. The molecule has 1 heterocycles. The van der Waals surface area contributed by atoms with Gasteiger partial charge >= 0.3 is 5.97 Å². The van der Waals surface area contributed by atoms with Crippen molar-refractivity contribution >= 4 is 46.3 Å². The number of nitrogens with zero attached hydrogens (tertiary/aromatic N) is 1. The Morgan fingerprint density at radius 3 is 2.42 bits per heavy atom. The number of rotatable bonds is 8. The van der Waals surface area contributed by atoms with Crippen molar-refractivity contribution in [3.8, 4) is 0 Å². The van der Waals surface area contributed by atoms with Crippen LogP contribution >= 0.6 is 22.9 Å². The van der Waals surface area contributed by atoms with Gasteiger partial charge in [0.05, 0.1) is 20.6 Å². The Balaban J connectivity index is 1.71. The van der Waals surface area contributed by atoms with Gasteiger partial charge in [-0.2, -0.15) is 0 Å². The zero-order chi connectivity index (χ0) is 19.1. The Hall–Kier alpha value is -2.78. The van der Waals surface area contributed by atoms with Gasteiger partial charge in [-0.1, -0.05) is 11.6 Å². The minimum Gasteiger partial charge on any atom is -0.457 e. The van der Waals surface area contributed by atoms with Gasteiger partial charge in [-0.3, -0.25) is 24.5 Å². The molecule has 2 rings (SSSR count). The highest BCUT2D eigenvalue weighted by atomic mass is 35.5. The average Bonchev–Trinajstić information content (AvgIpc) is 3.06. The van der Waals surface area contributed by atoms with Crippen molar-refractivity contribution < 1.29 is 24.0 Å². The van der Waals surface area contributed by atoms with E-state index in [1.807, 2.05) is 0 Å². The third kappa shape index (κ3) is 5.64. The molecule has 1 amide bonds. The molecule has 0 spiro atoms. The largest absolute Gasteiger partial charge is 0.457 e. The smallest absolute Gasteiger partial charge is 0.308 e. The maximum atomic E-state index is 11.9. The van der Waals surface area contributed by atoms with Gasteiger partial charge in [0.1, 0.15) is 0 Å². The summed E-state index contributed by atoms with van der Waals surface area (Å²) < 4.78 is 5.31. The van der Waals surface area contributed by atoms with E-state index in [-0.39, 0.29) is 30.0 Å². The number of carbonyl (C=O) groups is 3. The van der Waals surface area contributed by atoms with Crippen LogP contribution in [0.15, 0.2) is 36.4 Å². The second-order valence-electron chi connectivity index (χ2n) is 5.00. The first-order valence-electron chi connectivity index (χ1n) is 7.33. The van der Waals surface area contributed by atoms with E-state index in [4.69, 9.17) is 16.3 Å². The predicted molar refractivity (Wildman–Crippen MR) is 94.7 cm³/mol. The quantitative estimate of drug-likeness (QED) is 0.317. The molecule has 1 aromatic carbocycles. The molecule has 0 aliphatic rings. The predicted octanol–water partition coefficient (Wildman–Crippen LogP) is 2.86. The van der Waals surface area contributed by atoms with Crippen LogP contribution in [-0.2, 0) is 9.53 Å². The third-order valence-corrected chi connectivity index (χ3v) is 4.44. The van der Waals surface area contributed by atoms with Crippen LogP contribution in [0.5, 0.6) is 0 Å². The molecule has 0 aliphatic heterocycles. The molecule has 2 aromatic rings. The van der Waals surface area contributed by atoms with Gasteiger partial charge in [0.2, 0.25) is 5.78 Å². The number of amides is 1. The molecule has 0 saturated carbocycles. The summed E-state index contributed by atoms with van der Waals surface area (Å²) >= 11 is 6.82. The zero-order valence-corrected chi connectivity index (χ0v) is 14.8. The van der Waals surface area contributed by atoms with E-state index in [1.165, 1.54) is 24.3 Å². The van der Waals surface area contributed by atoms with Crippen LogP contribution in [0.1, 0.15) is 26.5 Å². The Labute approximate surface area is 156 Å². The molecule has 1 N–H and O–H groups in total. The highest BCUT2D eigenvalue weighted by Gasteiger charge is 2.13. The highest BCUT2D eigenvalue weighted by Crippen LogP contribution is 2.21. The van der Waals surface area contributed by atoms with Crippen molar-refractivity contribution in [3.05, 3.63) is 61.3 Å². The van der Waals surface area contributed by atoms with Crippen LogP contribution in [0.25, 0.3) is 0 Å². The maximum Gasteiger partial charge on any atom is 0.308 e. The fourth-order valence-electron chi connectivity index (χ4n) is 1.87. The minimum atomic E-state index is -0.634. The van der Waals surface area contributed by atoms with Crippen molar-refractivity contribution in [1.29, 1.82) is 0 Å². The van der Waals surface area contributed by atoms with Crippen LogP contribution in [0.3, 0.4) is 0 Å². The van der Waals surface area contributed by atoms with E-state index in [1.54, 1.807) is 12.1 Å². The van der Waals surface area contributed by atoms with E-state index in [0.717, 1.165) is 11.3 Å². The van der Waals surface area contributed by atoms with Crippen molar-refractivity contribution in [3.63, 3.8) is 0 Å². The molecule has 0 bridgehead atoms. The SMILES string of the molecule is O=C(CCNC(=O)c1ccc([N+](=O)[O-])cc1)OCC(=O)c1ccc(Cl)s1. The topological polar surface area (TPSA) is 116 Å². The minimum absolute atomic E-state index is 0.00761. The maximum absolute atomic E-state index is 11.9. The van der Waals surface area contributed by atoms with Gasteiger partial charge in [-0.05, 0) is 24.3 Å². The van der Waals surface area contributed by atoms with E-state index in [9.17, 15) is 24.5 Å². The Bertz CT molecular complexity index is 834. The number of hydrogen-bond donors (Lipinski definition) is 1. The van der Waals surface area contributed by atoms with Crippen LogP contribution in [0.2, 0.25) is 4.34 Å². The molecular formula is C16H13ClN2O6S. The second-order valence-corrected chi connectivity index (χ2v) is 6.71. The standard InChI is InChI=1S/C16H13ClN2O6S/c17-14-6-5-13(26-14)12(20)9-25-15(21)7-8-18-16(22)10-1-3-11(4-2-10)19(23)24/h1-6H,7-9H2,(H,18,22). The number of ether oxygens (including phenoxy) is 1. The van der Waals surface area contributed by atoms with Crippen molar-refractivity contribution in [2.75, 3.05) is 13.2 Å². The van der Waals surface area contributed by atoms with Crippen LogP contribution in [-0.4, -0.2) is 35.7 Å². The van der Waals surface area contributed by atoms with Crippen LogP contribution in [0, 0.1) is 10.1 Å². The first kappa shape index (κ1) is 19.5. The summed E-state index contributed by atoms with van der Waals surface area (Å²) in [4.78, 5) is 45.6. The number of nitro benzene ring substituents is 1. The molecule has 10 heteroatoms. The first-order chi connectivity index (χ1) is 12.4. The van der Waals surface area contributed by atoms with E-state index in [2.05, 4.69) is 5.32 Å². The molecule has 136 valence electrons. The fraction of sp³-hybridized carbons (Fsp3) is 0.188. The van der Waals surface area contributed by atoms with Crippen molar-refractivity contribution in [1.82, 2.24) is 5.32 Å². The van der Waals surface area contributed by atoms with Gasteiger partial charge in [0, 0.05) is 24.2 Å². The highest BCUT2D eigenvalue weighted by molar-refractivity contribution is 7.18. The summed E-state index contributed by atoms with van der Waals surface area (Å²) in [5, 5.41) is 13.0. The molecule has 8 nitrogen and oxygen atoms in total. The molecule has 0 fully saturated rings. The number of esters is 1. The lowest BCUT2D eigenvalue weighted by molar-refractivity contribution is -0.384. The lowest BCUT2D eigenvalue weighted by Gasteiger charge is -2.06. The summed E-state index contributed by atoms with van der Waals surface area (Å²) in [6.07, 6.45) is -0.114. The average molecular weight is 397 g/mol. The fourth-order valence-corrected chi connectivity index (χ4v) is 2.84. The number of non-ortho nitro benzene ring substituents is 1. The number of Topliss-reactive ketones (excluding diaryl/α,β-unsaturated/α-hetero) is 1. The molecular weight excluding hydrogens is 384 g/mol. The number of nitro groups is 1. The van der Waals surface area contributed by atoms with Gasteiger partial charge in [0.15, 0.2) is 6.61 Å². The zero-order valence-electron chi connectivity index (χ0n) is 13.3. The summed E-state index contributed by atoms with van der Waals surface area (Å²) in [6, 6.07) is 8.19. The lowest BCUT2D eigenvalue weighted by Crippen LogP contribution is -2.27. The summed E-state index contributed by atoms with van der Waals surface area (Å²) in [7, 11) is 0. The van der Waals surface area contributed by atoms with Crippen molar-refractivity contribution in [2.24, 2.45) is 0 Å². The summed E-state index contributed by atoms with van der Waals surface area (Å²) in [5.74, 6) is -1.47. The van der Waals surface area contributed by atoms with E-state index in [0.29, 0.717) is 9.21 Å². The summed E-state index contributed by atoms with van der Waals surface area (Å²) in [5.41, 5.74) is 0.107. The molecule has 26 heavy (non-hydrogen) atoms. The van der Waals surface area contributed by atoms with E-state index >= 15 is 0 Å². The summed E-state index contributed by atoms with van der Waals surface area (Å²) in [6.45, 7) is -0.389. The van der Waals surface area contributed by atoms with Gasteiger partial charge in [-0.25, -0.2) is 0 Å². The Morgan fingerprint density at radius 1 is 1.15 bits per heavy atom. The number of halogens is 1. The lowest BCUT2D eigenvalue weighted by atomic mass is 10.2. The monoisotopic (exact) mass is 396 g/mol. The number of thiophene rings is 1. The molecule has 0 unspecified atom stereocenters. The molecule has 0 atom stereocenters. The first-order valence-corrected chi connectivity index (χ1v) is 8.53. The van der Waals surface area contributed by atoms with Gasteiger partial charge < -0.3 is 10.1 Å². The van der Waals surface area contributed by atoms with Crippen LogP contribution in [0.4, 0.5) is 5.69 Å². The number of nitrogens with one attached hydrogen (secondary N) is 1. The van der Waals surface area contributed by atoms with Crippen molar-refractivity contribution in [2.45, 2.75) is 6.42 Å². The number of benzene rings is 1. The molecule has 0 saturated heterocycles. The number of carbonyl (C=O) groups excluding carboxylic acids is 3. The molecule has 1 aromatic heterocycles. The number of ketones is 1. The van der Waals surface area contributed by atoms with Crippen LogP contribution < -0.4 is 5.32 Å². The second kappa shape index (κ2) is 9.07. The third-order valence-electron chi connectivity index (χ3n) is 3.17. The Kier molecular flexibility index (Phi) is 6.81.